The zero-order valence-electron chi connectivity index (χ0n) is 15.2. The van der Waals surface area contributed by atoms with Gasteiger partial charge in [-0.1, -0.05) is 36.4 Å². The lowest BCUT2D eigenvalue weighted by molar-refractivity contribution is 0.281. The van der Waals surface area contributed by atoms with Crippen LogP contribution in [0.15, 0.2) is 54.6 Å². The quantitative estimate of drug-likeness (QED) is 0.403. The number of aliphatic hydroxyl groups excluding tert-OH is 2. The van der Waals surface area contributed by atoms with Gasteiger partial charge in [-0.25, -0.2) is 0 Å². The van der Waals surface area contributed by atoms with Crippen LogP contribution in [0.5, 0.6) is 0 Å². The molecule has 1 aromatic heterocycles. The fourth-order valence-electron chi connectivity index (χ4n) is 3.65. The highest BCUT2D eigenvalue weighted by Gasteiger charge is 2.13. The van der Waals surface area contributed by atoms with Crippen molar-refractivity contribution in [3.63, 3.8) is 0 Å². The van der Waals surface area contributed by atoms with Crippen molar-refractivity contribution in [2.45, 2.75) is 6.92 Å². The third kappa shape index (κ3) is 3.56. The maximum atomic E-state index is 9.33. The molecule has 140 valence electrons. The molecular formula is C22H23ClN2O2. The maximum absolute atomic E-state index is 9.33. The van der Waals surface area contributed by atoms with Crippen molar-refractivity contribution >= 4 is 50.5 Å². The number of nitrogens with zero attached hydrogens (tertiary/aromatic N) is 2. The van der Waals surface area contributed by atoms with Crippen molar-refractivity contribution in [2.75, 3.05) is 31.2 Å². The molecule has 0 unspecified atom stereocenters. The Balaban J connectivity index is 0.00000210. The number of rotatable bonds is 5. The monoisotopic (exact) mass is 382 g/mol. The van der Waals surface area contributed by atoms with Crippen LogP contribution in [0.3, 0.4) is 0 Å². The van der Waals surface area contributed by atoms with Crippen LogP contribution in [0.4, 0.5) is 5.69 Å². The molecule has 4 rings (SSSR count). The van der Waals surface area contributed by atoms with E-state index in [4.69, 9.17) is 4.98 Å². The lowest BCUT2D eigenvalue weighted by atomic mass is 10.0. The molecular weight excluding hydrogens is 360 g/mol. The molecule has 0 aliphatic carbocycles. The Bertz CT molecular complexity index is 1090. The van der Waals surface area contributed by atoms with Crippen molar-refractivity contribution in [1.29, 1.82) is 0 Å². The van der Waals surface area contributed by atoms with Crippen LogP contribution in [0.1, 0.15) is 5.69 Å². The Morgan fingerprint density at radius 2 is 1.44 bits per heavy atom. The Hall–Kier alpha value is -2.40. The average molecular weight is 383 g/mol. The molecule has 0 saturated carbocycles. The number of fused-ring (bicyclic) bond motifs is 4. The van der Waals surface area contributed by atoms with Gasteiger partial charge in [0.05, 0.1) is 30.1 Å². The molecule has 5 heteroatoms. The fraction of sp³-hybridized carbons (Fsp3) is 0.227. The Morgan fingerprint density at radius 1 is 0.815 bits per heavy atom. The van der Waals surface area contributed by atoms with Gasteiger partial charge in [0.25, 0.3) is 0 Å². The van der Waals surface area contributed by atoms with Crippen LogP contribution in [-0.4, -0.2) is 41.5 Å². The summed E-state index contributed by atoms with van der Waals surface area (Å²) < 4.78 is 0. The van der Waals surface area contributed by atoms with Crippen molar-refractivity contribution in [2.24, 2.45) is 0 Å². The Labute approximate surface area is 164 Å². The first-order chi connectivity index (χ1) is 12.7. The highest BCUT2D eigenvalue weighted by molar-refractivity contribution is 6.10. The minimum atomic E-state index is 0. The Kier molecular flexibility index (Phi) is 5.80. The van der Waals surface area contributed by atoms with Gasteiger partial charge in [-0.05, 0) is 41.3 Å². The van der Waals surface area contributed by atoms with Crippen LogP contribution in [0, 0.1) is 6.92 Å². The van der Waals surface area contributed by atoms with E-state index in [0.29, 0.717) is 13.1 Å². The number of hydrogen-bond donors (Lipinski definition) is 2. The van der Waals surface area contributed by atoms with Gasteiger partial charge in [0.15, 0.2) is 0 Å². The first-order valence-corrected chi connectivity index (χ1v) is 8.91. The zero-order valence-corrected chi connectivity index (χ0v) is 16.0. The molecule has 4 nitrogen and oxygen atoms in total. The highest BCUT2D eigenvalue weighted by Crippen LogP contribution is 2.31. The molecule has 0 spiro atoms. The molecule has 0 aliphatic rings. The molecule has 0 bridgehead atoms. The first-order valence-electron chi connectivity index (χ1n) is 8.91. The average Bonchev–Trinajstić information content (AvgIpc) is 2.66. The summed E-state index contributed by atoms with van der Waals surface area (Å²) >= 11 is 0. The van der Waals surface area contributed by atoms with E-state index in [-0.39, 0.29) is 25.6 Å². The minimum Gasteiger partial charge on any atom is -0.395 e. The number of aliphatic hydroxyl groups is 2. The zero-order chi connectivity index (χ0) is 18.1. The topological polar surface area (TPSA) is 56.6 Å². The highest BCUT2D eigenvalue weighted by atomic mass is 35.5. The van der Waals surface area contributed by atoms with E-state index in [1.165, 1.54) is 16.2 Å². The van der Waals surface area contributed by atoms with Crippen LogP contribution in [0.2, 0.25) is 0 Å². The molecule has 0 fully saturated rings. The van der Waals surface area contributed by atoms with E-state index < -0.39 is 0 Å². The van der Waals surface area contributed by atoms with Crippen LogP contribution in [-0.2, 0) is 0 Å². The summed E-state index contributed by atoms with van der Waals surface area (Å²) in [6.45, 7) is 3.03. The van der Waals surface area contributed by atoms with Crippen LogP contribution in [0.25, 0.3) is 32.4 Å². The molecule has 0 amide bonds. The van der Waals surface area contributed by atoms with Gasteiger partial charge in [0, 0.05) is 23.9 Å². The van der Waals surface area contributed by atoms with E-state index in [1.54, 1.807) is 0 Å². The van der Waals surface area contributed by atoms with E-state index in [1.807, 2.05) is 11.8 Å². The smallest absolute Gasteiger partial charge is 0.0785 e. The number of aryl methyl sites for hydroxylation is 1. The van der Waals surface area contributed by atoms with E-state index in [2.05, 4.69) is 54.6 Å². The molecule has 27 heavy (non-hydrogen) atoms. The van der Waals surface area contributed by atoms with E-state index in [9.17, 15) is 10.2 Å². The number of aromatic nitrogens is 1. The SMILES string of the molecule is Cc1nc2c(ccc3cc4ccccc4cc32)cc1N(CCO)CCO.Cl. The summed E-state index contributed by atoms with van der Waals surface area (Å²) in [5, 5.41) is 24.5. The number of halogens is 1. The first kappa shape index (κ1) is 19.4. The van der Waals surface area contributed by atoms with Crippen molar-refractivity contribution in [1.82, 2.24) is 4.98 Å². The van der Waals surface area contributed by atoms with Crippen molar-refractivity contribution in [3.8, 4) is 0 Å². The molecule has 2 N–H and O–H groups in total. The summed E-state index contributed by atoms with van der Waals surface area (Å²) in [5.74, 6) is 0. The predicted octanol–water partition coefficient (Wildman–Crippen LogP) is 4.06. The molecule has 4 aromatic rings. The molecule has 0 saturated heterocycles. The second kappa shape index (κ2) is 8.09. The number of benzene rings is 3. The number of anilines is 1. The van der Waals surface area contributed by atoms with Crippen molar-refractivity contribution in [3.05, 3.63) is 60.3 Å². The number of hydrogen-bond acceptors (Lipinski definition) is 4. The predicted molar refractivity (Wildman–Crippen MR) is 115 cm³/mol. The normalized spacial score (nSPS) is 11.1. The lowest BCUT2D eigenvalue weighted by Gasteiger charge is -2.25. The third-order valence-electron chi connectivity index (χ3n) is 4.91. The van der Waals surface area contributed by atoms with Gasteiger partial charge in [-0.3, -0.25) is 4.98 Å². The number of pyridine rings is 1. The van der Waals surface area contributed by atoms with Gasteiger partial charge in [-0.15, -0.1) is 12.4 Å². The summed E-state index contributed by atoms with van der Waals surface area (Å²) in [4.78, 5) is 6.87. The Morgan fingerprint density at radius 3 is 2.11 bits per heavy atom. The molecule has 0 radical (unpaired) electrons. The van der Waals surface area contributed by atoms with Crippen LogP contribution < -0.4 is 4.90 Å². The van der Waals surface area contributed by atoms with Gasteiger partial charge in [0.2, 0.25) is 0 Å². The van der Waals surface area contributed by atoms with E-state index in [0.717, 1.165) is 27.7 Å². The van der Waals surface area contributed by atoms with Crippen molar-refractivity contribution < 1.29 is 10.2 Å². The van der Waals surface area contributed by atoms with E-state index >= 15 is 0 Å². The standard InChI is InChI=1S/C22H22N2O2.ClH/c1-15-21(24(8-10-25)9-11-26)14-19-7-6-18-12-16-4-2-3-5-17(16)13-20(18)22(19)23-15;/h2-7,12-14,25-26H,8-11H2,1H3;1H. The summed E-state index contributed by atoms with van der Waals surface area (Å²) in [5.41, 5.74) is 2.85. The lowest BCUT2D eigenvalue weighted by Crippen LogP contribution is -2.30. The molecule has 3 aromatic carbocycles. The maximum Gasteiger partial charge on any atom is 0.0785 e. The summed E-state index contributed by atoms with van der Waals surface area (Å²) in [7, 11) is 0. The largest absolute Gasteiger partial charge is 0.395 e. The second-order valence-electron chi connectivity index (χ2n) is 6.58. The minimum absolute atomic E-state index is 0. The molecule has 0 atom stereocenters. The van der Waals surface area contributed by atoms with Gasteiger partial charge in [0.1, 0.15) is 0 Å². The van der Waals surface area contributed by atoms with Gasteiger partial charge >= 0.3 is 0 Å². The molecule has 0 aliphatic heterocycles. The second-order valence-corrected chi connectivity index (χ2v) is 6.58. The van der Waals surface area contributed by atoms with Crippen LogP contribution >= 0.6 is 12.4 Å². The fourth-order valence-corrected chi connectivity index (χ4v) is 3.65. The summed E-state index contributed by atoms with van der Waals surface area (Å²) in [6.07, 6.45) is 0. The van der Waals surface area contributed by atoms with Gasteiger partial charge < -0.3 is 15.1 Å². The molecule has 1 heterocycles. The van der Waals surface area contributed by atoms with Gasteiger partial charge in [-0.2, -0.15) is 0 Å². The third-order valence-corrected chi connectivity index (χ3v) is 4.91. The summed E-state index contributed by atoms with van der Waals surface area (Å²) in [6, 6.07) is 19.1.